The quantitative estimate of drug-likeness (QED) is 0.777. The van der Waals surface area contributed by atoms with Crippen LogP contribution in [-0.2, 0) is 9.53 Å². The summed E-state index contributed by atoms with van der Waals surface area (Å²) in [6.07, 6.45) is 0. The van der Waals surface area contributed by atoms with Crippen LogP contribution in [-0.4, -0.2) is 23.6 Å². The highest BCUT2D eigenvalue weighted by molar-refractivity contribution is 9.10. The molecular formula is C12H12BrClF2N2O3. The molecule has 0 saturated carbocycles. The van der Waals surface area contributed by atoms with Gasteiger partial charge in [0.15, 0.2) is 0 Å². The van der Waals surface area contributed by atoms with Crippen LogP contribution in [0, 0.1) is 11.3 Å². The van der Waals surface area contributed by atoms with Crippen LogP contribution in [0.4, 0.5) is 8.78 Å². The van der Waals surface area contributed by atoms with Gasteiger partial charge in [0.1, 0.15) is 17.9 Å². The first-order chi connectivity index (χ1) is 9.27. The van der Waals surface area contributed by atoms with Gasteiger partial charge in [-0.2, -0.15) is 14.0 Å². The molecule has 9 heteroatoms. The molecule has 3 N–H and O–H groups in total. The number of ether oxygens (including phenoxy) is 1. The molecule has 0 unspecified atom stereocenters. The second kappa shape index (κ2) is 7.54. The van der Waals surface area contributed by atoms with Gasteiger partial charge in [-0.05, 0) is 19.1 Å². The summed E-state index contributed by atoms with van der Waals surface area (Å²) >= 11 is 2.96. The molecule has 0 spiro atoms. The topological polar surface area (TPSA) is 96.3 Å². The van der Waals surface area contributed by atoms with Crippen LogP contribution in [0.1, 0.15) is 24.1 Å². The standard InChI is InChI=1S/C12H11BrF2N2O3.ClH/c1-2-20-11(19)12(14,15)10(17)8-7(13)4-3-6(5-16)9(8)18;/h3-4,10,18H,2,17H2,1H3;1H/t10-;/m1./s1. The van der Waals surface area contributed by atoms with Crippen LogP contribution in [0.15, 0.2) is 16.6 Å². The molecule has 5 nitrogen and oxygen atoms in total. The molecule has 1 atom stereocenters. The van der Waals surface area contributed by atoms with Crippen molar-refractivity contribution in [2.24, 2.45) is 5.73 Å². The fourth-order valence-corrected chi connectivity index (χ4v) is 2.07. The van der Waals surface area contributed by atoms with Gasteiger partial charge < -0.3 is 15.6 Å². The third-order valence-electron chi connectivity index (χ3n) is 2.53. The van der Waals surface area contributed by atoms with Gasteiger partial charge >= 0.3 is 11.9 Å². The normalized spacial score (nSPS) is 12.0. The average molecular weight is 386 g/mol. The van der Waals surface area contributed by atoms with Crippen LogP contribution >= 0.6 is 28.3 Å². The van der Waals surface area contributed by atoms with E-state index in [0.717, 1.165) is 0 Å². The Morgan fingerprint density at radius 1 is 1.62 bits per heavy atom. The lowest BCUT2D eigenvalue weighted by Crippen LogP contribution is -2.42. The minimum Gasteiger partial charge on any atom is -0.506 e. The van der Waals surface area contributed by atoms with Crippen molar-refractivity contribution in [1.82, 2.24) is 0 Å². The Kier molecular flexibility index (Phi) is 7.03. The van der Waals surface area contributed by atoms with E-state index in [9.17, 15) is 18.7 Å². The summed E-state index contributed by atoms with van der Waals surface area (Å²) in [7, 11) is 0. The molecule has 0 bridgehead atoms. The maximum Gasteiger partial charge on any atom is 0.379 e. The van der Waals surface area contributed by atoms with Gasteiger partial charge in [0, 0.05) is 10.0 Å². The number of rotatable bonds is 4. The molecule has 0 aliphatic carbocycles. The van der Waals surface area contributed by atoms with E-state index >= 15 is 0 Å². The second-order valence-electron chi connectivity index (χ2n) is 3.79. The number of esters is 1. The SMILES string of the molecule is CCOC(=O)C(F)(F)[C@H](N)c1c(Br)ccc(C#N)c1O.Cl. The first-order valence-electron chi connectivity index (χ1n) is 5.49. The maximum absolute atomic E-state index is 13.9. The number of nitriles is 1. The average Bonchev–Trinajstić information content (AvgIpc) is 2.39. The van der Waals surface area contributed by atoms with Crippen molar-refractivity contribution in [3.8, 4) is 11.8 Å². The molecule has 1 aromatic rings. The van der Waals surface area contributed by atoms with Crippen molar-refractivity contribution in [2.75, 3.05) is 6.61 Å². The Morgan fingerprint density at radius 2 is 2.19 bits per heavy atom. The summed E-state index contributed by atoms with van der Waals surface area (Å²) in [5, 5.41) is 18.6. The van der Waals surface area contributed by atoms with Crippen LogP contribution in [0.3, 0.4) is 0 Å². The second-order valence-corrected chi connectivity index (χ2v) is 4.64. The van der Waals surface area contributed by atoms with Crippen molar-refractivity contribution >= 4 is 34.3 Å². The van der Waals surface area contributed by atoms with Gasteiger partial charge in [-0.3, -0.25) is 0 Å². The molecule has 21 heavy (non-hydrogen) atoms. The summed E-state index contributed by atoms with van der Waals surface area (Å²) in [5.41, 5.74) is 4.73. The van der Waals surface area contributed by atoms with Crippen molar-refractivity contribution < 1.29 is 23.4 Å². The fraction of sp³-hybridized carbons (Fsp3) is 0.333. The summed E-state index contributed by atoms with van der Waals surface area (Å²) < 4.78 is 32.0. The number of phenolic OH excluding ortho intramolecular Hbond substituents is 1. The minimum atomic E-state index is -4.04. The molecule has 0 amide bonds. The Labute approximate surface area is 134 Å². The molecule has 0 aromatic heterocycles. The predicted octanol–water partition coefficient (Wildman–Crippen LogP) is 2.65. The van der Waals surface area contributed by atoms with Crippen molar-refractivity contribution in [3.05, 3.63) is 27.7 Å². The predicted molar refractivity (Wildman–Crippen MR) is 76.3 cm³/mol. The van der Waals surface area contributed by atoms with E-state index in [4.69, 9.17) is 11.0 Å². The molecule has 0 saturated heterocycles. The maximum atomic E-state index is 13.9. The van der Waals surface area contributed by atoms with Crippen molar-refractivity contribution in [3.63, 3.8) is 0 Å². The van der Waals surface area contributed by atoms with E-state index in [1.54, 1.807) is 6.07 Å². The number of halogens is 4. The number of benzene rings is 1. The smallest absolute Gasteiger partial charge is 0.379 e. The number of carbonyl (C=O) groups is 1. The van der Waals surface area contributed by atoms with Gasteiger partial charge in [-0.1, -0.05) is 15.9 Å². The number of hydrogen-bond donors (Lipinski definition) is 2. The molecule has 116 valence electrons. The number of alkyl halides is 2. The third-order valence-corrected chi connectivity index (χ3v) is 3.23. The van der Waals surface area contributed by atoms with E-state index in [-0.39, 0.29) is 29.1 Å². The lowest BCUT2D eigenvalue weighted by atomic mass is 9.98. The van der Waals surface area contributed by atoms with Gasteiger partial charge in [0.05, 0.1) is 12.2 Å². The van der Waals surface area contributed by atoms with Gasteiger partial charge in [0.2, 0.25) is 0 Å². The number of nitrogens with zero attached hydrogens (tertiary/aromatic N) is 1. The van der Waals surface area contributed by atoms with Gasteiger partial charge in [0.25, 0.3) is 0 Å². The minimum absolute atomic E-state index is 0. The molecule has 1 rings (SSSR count). The third kappa shape index (κ3) is 3.81. The van der Waals surface area contributed by atoms with Crippen molar-refractivity contribution in [1.29, 1.82) is 5.26 Å². The number of aromatic hydroxyl groups is 1. The highest BCUT2D eigenvalue weighted by Gasteiger charge is 2.49. The summed E-state index contributed by atoms with van der Waals surface area (Å²) in [6, 6.07) is 2.01. The number of nitrogens with two attached hydrogens (primary N) is 1. The highest BCUT2D eigenvalue weighted by Crippen LogP contribution is 2.40. The van der Waals surface area contributed by atoms with Crippen LogP contribution in [0.5, 0.6) is 5.75 Å². The molecule has 0 aliphatic heterocycles. The van der Waals surface area contributed by atoms with E-state index in [1.165, 1.54) is 19.1 Å². The monoisotopic (exact) mass is 384 g/mol. The van der Waals surface area contributed by atoms with E-state index < -0.39 is 29.2 Å². The van der Waals surface area contributed by atoms with E-state index in [0.29, 0.717) is 0 Å². The van der Waals surface area contributed by atoms with Crippen LogP contribution in [0.25, 0.3) is 0 Å². The Balaban J connectivity index is 0.00000400. The van der Waals surface area contributed by atoms with Crippen LogP contribution < -0.4 is 5.73 Å². The Bertz CT molecular complexity index is 578. The molecule has 0 aliphatic rings. The number of carbonyl (C=O) groups excluding carboxylic acids is 1. The molecule has 0 radical (unpaired) electrons. The molecular weight excluding hydrogens is 373 g/mol. The zero-order valence-corrected chi connectivity index (χ0v) is 13.2. The first-order valence-corrected chi connectivity index (χ1v) is 6.28. The summed E-state index contributed by atoms with van der Waals surface area (Å²) in [6.45, 7) is 1.15. The largest absolute Gasteiger partial charge is 0.506 e. The summed E-state index contributed by atoms with van der Waals surface area (Å²) in [5.74, 6) is -6.52. The van der Waals surface area contributed by atoms with Gasteiger partial charge in [-0.25, -0.2) is 4.79 Å². The number of phenols is 1. The first kappa shape index (κ1) is 19.6. The summed E-state index contributed by atoms with van der Waals surface area (Å²) in [4.78, 5) is 11.2. The number of hydrogen-bond acceptors (Lipinski definition) is 5. The van der Waals surface area contributed by atoms with Gasteiger partial charge in [-0.15, -0.1) is 12.4 Å². The lowest BCUT2D eigenvalue weighted by Gasteiger charge is -2.23. The Morgan fingerprint density at radius 3 is 2.67 bits per heavy atom. The van der Waals surface area contributed by atoms with E-state index in [2.05, 4.69) is 20.7 Å². The van der Waals surface area contributed by atoms with Crippen molar-refractivity contribution in [2.45, 2.75) is 18.9 Å². The fourth-order valence-electron chi connectivity index (χ4n) is 1.51. The molecule has 0 fully saturated rings. The van der Waals surface area contributed by atoms with E-state index in [1.807, 2.05) is 0 Å². The lowest BCUT2D eigenvalue weighted by molar-refractivity contribution is -0.174. The molecule has 0 heterocycles. The van der Waals surface area contributed by atoms with Crippen LogP contribution in [0.2, 0.25) is 0 Å². The highest BCUT2D eigenvalue weighted by atomic mass is 79.9. The Hall–Kier alpha value is -1.43. The molecule has 1 aromatic carbocycles. The zero-order valence-electron chi connectivity index (χ0n) is 10.8. The zero-order chi connectivity index (χ0) is 15.5.